The van der Waals surface area contributed by atoms with Gasteiger partial charge in [0.2, 0.25) is 5.91 Å². The van der Waals surface area contributed by atoms with Gasteiger partial charge in [0.05, 0.1) is 7.11 Å². The lowest BCUT2D eigenvalue weighted by Crippen LogP contribution is -2.22. The number of anilines is 2. The van der Waals surface area contributed by atoms with Crippen LogP contribution in [0.15, 0.2) is 47.4 Å². The van der Waals surface area contributed by atoms with E-state index in [1.165, 1.54) is 19.2 Å². The maximum Gasteiger partial charge on any atom is 0.265 e. The minimum absolute atomic E-state index is 0.00864. The number of carbonyl (C=O) groups excluding carboxylic acids is 1. The normalized spacial score (nSPS) is 14.9. The molecule has 8 heteroatoms. The van der Waals surface area contributed by atoms with E-state index in [1.807, 2.05) is 19.1 Å². The molecule has 1 fully saturated rings. The molecular formula is C22H28N2O5S. The number of nitrogens with one attached hydrogen (secondary N) is 2. The SMILES string of the molecule is CCc1cccc(NS(=O)(=O)c2ccc(NC(=O)CC3CCOCC3)cc2OC)c1. The number of sulfonamides is 1. The highest BCUT2D eigenvalue weighted by Gasteiger charge is 2.22. The van der Waals surface area contributed by atoms with Crippen LogP contribution >= 0.6 is 0 Å². The van der Waals surface area contributed by atoms with Crippen molar-refractivity contribution < 1.29 is 22.7 Å². The second-order valence-electron chi connectivity index (χ2n) is 7.33. The van der Waals surface area contributed by atoms with Crippen molar-refractivity contribution in [1.82, 2.24) is 0 Å². The second-order valence-corrected chi connectivity index (χ2v) is 8.98. The molecule has 1 aliphatic rings. The van der Waals surface area contributed by atoms with E-state index < -0.39 is 10.0 Å². The summed E-state index contributed by atoms with van der Waals surface area (Å²) in [6, 6.07) is 11.8. The van der Waals surface area contributed by atoms with Crippen molar-refractivity contribution in [3.05, 3.63) is 48.0 Å². The summed E-state index contributed by atoms with van der Waals surface area (Å²) in [7, 11) is -2.45. The van der Waals surface area contributed by atoms with Crippen LogP contribution in [0.3, 0.4) is 0 Å². The van der Waals surface area contributed by atoms with Crippen molar-refractivity contribution in [1.29, 1.82) is 0 Å². The maximum absolute atomic E-state index is 12.9. The Morgan fingerprint density at radius 3 is 2.60 bits per heavy atom. The van der Waals surface area contributed by atoms with Crippen molar-refractivity contribution in [2.75, 3.05) is 30.4 Å². The van der Waals surface area contributed by atoms with Gasteiger partial charge in [-0.1, -0.05) is 19.1 Å². The van der Waals surface area contributed by atoms with Gasteiger partial charge in [-0.2, -0.15) is 0 Å². The lowest BCUT2D eigenvalue weighted by molar-refractivity contribution is -0.117. The number of aryl methyl sites for hydroxylation is 1. The molecule has 0 unspecified atom stereocenters. The molecule has 0 aromatic heterocycles. The molecule has 0 atom stereocenters. The number of ether oxygens (including phenoxy) is 2. The Labute approximate surface area is 177 Å². The maximum atomic E-state index is 12.9. The van der Waals surface area contributed by atoms with Gasteiger partial charge in [-0.3, -0.25) is 9.52 Å². The molecule has 1 saturated heterocycles. The van der Waals surface area contributed by atoms with E-state index >= 15 is 0 Å². The summed E-state index contributed by atoms with van der Waals surface area (Å²) < 4.78 is 39.0. The Balaban J connectivity index is 1.73. The van der Waals surface area contributed by atoms with Gasteiger partial charge in [0.1, 0.15) is 10.6 Å². The summed E-state index contributed by atoms with van der Waals surface area (Å²) >= 11 is 0. The fourth-order valence-corrected chi connectivity index (χ4v) is 4.66. The third-order valence-corrected chi connectivity index (χ3v) is 6.56. The lowest BCUT2D eigenvalue weighted by Gasteiger charge is -2.21. The number of rotatable bonds is 8. The quantitative estimate of drug-likeness (QED) is 0.662. The zero-order valence-electron chi connectivity index (χ0n) is 17.3. The van der Waals surface area contributed by atoms with Crippen LogP contribution < -0.4 is 14.8 Å². The fourth-order valence-electron chi connectivity index (χ4n) is 3.46. The first-order valence-corrected chi connectivity index (χ1v) is 11.6. The van der Waals surface area contributed by atoms with Crippen LogP contribution in [-0.2, 0) is 26.0 Å². The van der Waals surface area contributed by atoms with Crippen molar-refractivity contribution in [2.45, 2.75) is 37.5 Å². The first-order valence-electron chi connectivity index (χ1n) is 10.1. The van der Waals surface area contributed by atoms with Crippen LogP contribution in [0.2, 0.25) is 0 Å². The first kappa shape index (κ1) is 22.1. The molecule has 1 aliphatic heterocycles. The van der Waals surface area contributed by atoms with E-state index in [-0.39, 0.29) is 16.6 Å². The summed E-state index contributed by atoms with van der Waals surface area (Å²) in [4.78, 5) is 12.3. The Kier molecular flexibility index (Phi) is 7.33. The predicted octanol–water partition coefficient (Wildman–Crippen LogP) is 3.81. The smallest absolute Gasteiger partial charge is 0.265 e. The van der Waals surface area contributed by atoms with Crippen LogP contribution in [0.4, 0.5) is 11.4 Å². The van der Waals surface area contributed by atoms with E-state index in [1.54, 1.807) is 18.2 Å². The van der Waals surface area contributed by atoms with Crippen LogP contribution in [0, 0.1) is 5.92 Å². The molecule has 0 saturated carbocycles. The summed E-state index contributed by atoms with van der Waals surface area (Å²) in [6.45, 7) is 3.38. The highest BCUT2D eigenvalue weighted by molar-refractivity contribution is 7.92. The number of hydrogen-bond acceptors (Lipinski definition) is 5. The molecule has 162 valence electrons. The summed E-state index contributed by atoms with van der Waals surface area (Å²) in [5.41, 5.74) is 2.02. The van der Waals surface area contributed by atoms with E-state index in [0.29, 0.717) is 36.9 Å². The average molecular weight is 433 g/mol. The summed E-state index contributed by atoms with van der Waals surface area (Å²) in [5.74, 6) is 0.371. The number of hydrogen-bond donors (Lipinski definition) is 2. The van der Waals surface area contributed by atoms with Crippen molar-refractivity contribution >= 4 is 27.3 Å². The third kappa shape index (κ3) is 5.73. The van der Waals surface area contributed by atoms with Crippen LogP contribution in [-0.4, -0.2) is 34.6 Å². The molecule has 7 nitrogen and oxygen atoms in total. The van der Waals surface area contributed by atoms with Crippen molar-refractivity contribution in [3.63, 3.8) is 0 Å². The van der Waals surface area contributed by atoms with E-state index in [9.17, 15) is 13.2 Å². The highest BCUT2D eigenvalue weighted by Crippen LogP contribution is 2.29. The standard InChI is InChI=1S/C22H28N2O5S/c1-3-16-5-4-6-19(13-16)24-30(26,27)21-8-7-18(15-20(21)28-2)23-22(25)14-17-9-11-29-12-10-17/h4-8,13,15,17,24H,3,9-12,14H2,1-2H3,(H,23,25). The molecule has 0 spiro atoms. The Hall–Kier alpha value is -2.58. The molecule has 3 rings (SSSR count). The monoisotopic (exact) mass is 432 g/mol. The van der Waals surface area contributed by atoms with E-state index in [0.717, 1.165) is 24.8 Å². The summed E-state index contributed by atoms with van der Waals surface area (Å²) in [5, 5.41) is 2.83. The van der Waals surface area contributed by atoms with E-state index in [4.69, 9.17) is 9.47 Å². The Bertz CT molecular complexity index is 985. The molecule has 2 N–H and O–H groups in total. The Morgan fingerprint density at radius 1 is 1.13 bits per heavy atom. The molecule has 0 bridgehead atoms. The van der Waals surface area contributed by atoms with Gasteiger partial charge in [-0.25, -0.2) is 8.42 Å². The van der Waals surface area contributed by atoms with Gasteiger partial charge in [0.25, 0.3) is 10.0 Å². The molecule has 30 heavy (non-hydrogen) atoms. The second kappa shape index (κ2) is 9.95. The minimum atomic E-state index is -3.85. The van der Waals surface area contributed by atoms with Gasteiger partial charge >= 0.3 is 0 Å². The predicted molar refractivity (Wildman–Crippen MR) is 116 cm³/mol. The zero-order valence-corrected chi connectivity index (χ0v) is 18.1. The molecule has 2 aromatic rings. The number of carbonyl (C=O) groups is 1. The molecule has 2 aromatic carbocycles. The average Bonchev–Trinajstić information content (AvgIpc) is 2.74. The van der Waals surface area contributed by atoms with Gasteiger partial charge in [-0.15, -0.1) is 0 Å². The Morgan fingerprint density at radius 2 is 1.90 bits per heavy atom. The number of methoxy groups -OCH3 is 1. The first-order chi connectivity index (χ1) is 14.4. The van der Waals surface area contributed by atoms with Crippen LogP contribution in [0.1, 0.15) is 31.7 Å². The zero-order chi connectivity index (χ0) is 21.6. The molecule has 1 heterocycles. The third-order valence-electron chi connectivity index (χ3n) is 5.14. The van der Waals surface area contributed by atoms with Gasteiger partial charge in [-0.05, 0) is 55.0 Å². The van der Waals surface area contributed by atoms with E-state index in [2.05, 4.69) is 10.0 Å². The molecular weight excluding hydrogens is 404 g/mol. The van der Waals surface area contributed by atoms with Crippen LogP contribution in [0.25, 0.3) is 0 Å². The fraction of sp³-hybridized carbons (Fsp3) is 0.409. The largest absolute Gasteiger partial charge is 0.495 e. The van der Waals surface area contributed by atoms with Gasteiger partial charge < -0.3 is 14.8 Å². The minimum Gasteiger partial charge on any atom is -0.495 e. The lowest BCUT2D eigenvalue weighted by atomic mass is 9.96. The summed E-state index contributed by atoms with van der Waals surface area (Å²) in [6.07, 6.45) is 2.97. The van der Waals surface area contributed by atoms with Gasteiger partial charge in [0.15, 0.2) is 0 Å². The number of amides is 1. The van der Waals surface area contributed by atoms with Gasteiger partial charge in [0, 0.05) is 37.1 Å². The topological polar surface area (TPSA) is 93.7 Å². The number of benzene rings is 2. The molecule has 0 radical (unpaired) electrons. The van der Waals surface area contributed by atoms with Crippen molar-refractivity contribution in [3.8, 4) is 5.75 Å². The molecule has 0 aliphatic carbocycles. The van der Waals surface area contributed by atoms with Crippen LogP contribution in [0.5, 0.6) is 5.75 Å². The molecule has 1 amide bonds. The highest BCUT2D eigenvalue weighted by atomic mass is 32.2. The van der Waals surface area contributed by atoms with Crippen molar-refractivity contribution in [2.24, 2.45) is 5.92 Å².